The first-order chi connectivity index (χ1) is 6.33. The van der Waals surface area contributed by atoms with Gasteiger partial charge in [-0.25, -0.2) is 4.98 Å². The number of H-pyrrole nitrogens is 1. The van der Waals surface area contributed by atoms with Gasteiger partial charge in [0, 0.05) is 24.8 Å². The predicted octanol–water partition coefficient (Wildman–Crippen LogP) is 0.899. The lowest BCUT2D eigenvalue weighted by Gasteiger charge is -2.08. The van der Waals surface area contributed by atoms with Gasteiger partial charge >= 0.3 is 0 Å². The summed E-state index contributed by atoms with van der Waals surface area (Å²) in [5, 5.41) is 10.2. The van der Waals surface area contributed by atoms with E-state index in [4.69, 9.17) is 4.74 Å². The molecule has 1 aromatic heterocycles. The fourth-order valence-corrected chi connectivity index (χ4v) is 1.54. The maximum Gasteiger partial charge on any atom is 0.165 e. The number of thioether (sulfide) groups is 1. The summed E-state index contributed by atoms with van der Waals surface area (Å²) in [4.78, 5) is 6.97. The Bertz CT molecular complexity index is 216. The average Bonchev–Trinajstić information content (AvgIpc) is 2.64. The van der Waals surface area contributed by atoms with Crippen LogP contribution in [0.15, 0.2) is 17.6 Å². The van der Waals surface area contributed by atoms with E-state index in [1.807, 2.05) is 6.92 Å². The Kier molecular flexibility index (Phi) is 4.88. The van der Waals surface area contributed by atoms with E-state index in [-0.39, 0.29) is 0 Å². The van der Waals surface area contributed by atoms with Crippen LogP contribution in [0.25, 0.3) is 0 Å². The standard InChI is InChI=1S/C8H14N2O2S/c1-2-12-5-7(11)6-13-8-9-3-4-10-8/h3-4,7,11H,2,5-6H2,1H3,(H,9,10). The van der Waals surface area contributed by atoms with E-state index in [1.165, 1.54) is 11.8 Å². The Morgan fingerprint density at radius 1 is 1.77 bits per heavy atom. The highest BCUT2D eigenvalue weighted by Gasteiger charge is 2.05. The number of rotatable bonds is 6. The molecule has 0 radical (unpaired) electrons. The molecule has 1 unspecified atom stereocenters. The maximum absolute atomic E-state index is 9.39. The fourth-order valence-electron chi connectivity index (χ4n) is 0.807. The lowest BCUT2D eigenvalue weighted by atomic mass is 10.4. The fraction of sp³-hybridized carbons (Fsp3) is 0.625. The number of aromatic amines is 1. The zero-order chi connectivity index (χ0) is 9.52. The monoisotopic (exact) mass is 202 g/mol. The van der Waals surface area contributed by atoms with E-state index in [0.717, 1.165) is 5.16 Å². The summed E-state index contributed by atoms with van der Waals surface area (Å²) in [6.45, 7) is 2.94. The average molecular weight is 202 g/mol. The van der Waals surface area contributed by atoms with E-state index in [2.05, 4.69) is 9.97 Å². The smallest absolute Gasteiger partial charge is 0.165 e. The van der Waals surface area contributed by atoms with Crippen LogP contribution in [0.1, 0.15) is 6.92 Å². The third-order valence-electron chi connectivity index (χ3n) is 1.40. The van der Waals surface area contributed by atoms with Gasteiger partial charge < -0.3 is 14.8 Å². The Morgan fingerprint density at radius 3 is 3.23 bits per heavy atom. The molecule has 4 nitrogen and oxygen atoms in total. The number of aliphatic hydroxyl groups is 1. The van der Waals surface area contributed by atoms with E-state index in [0.29, 0.717) is 19.0 Å². The molecule has 0 aliphatic rings. The van der Waals surface area contributed by atoms with Crippen molar-refractivity contribution in [1.29, 1.82) is 0 Å². The van der Waals surface area contributed by atoms with Crippen molar-refractivity contribution >= 4 is 11.8 Å². The van der Waals surface area contributed by atoms with Gasteiger partial charge in [-0.2, -0.15) is 0 Å². The van der Waals surface area contributed by atoms with Crippen molar-refractivity contribution < 1.29 is 9.84 Å². The summed E-state index contributed by atoms with van der Waals surface area (Å²) in [5.41, 5.74) is 0. The molecular formula is C8H14N2O2S. The Morgan fingerprint density at radius 2 is 2.62 bits per heavy atom. The van der Waals surface area contributed by atoms with E-state index >= 15 is 0 Å². The van der Waals surface area contributed by atoms with Gasteiger partial charge in [-0.15, -0.1) is 0 Å². The molecule has 74 valence electrons. The Hall–Kier alpha value is -0.520. The van der Waals surface area contributed by atoms with Crippen molar-refractivity contribution in [2.45, 2.75) is 18.2 Å². The number of hydrogen-bond donors (Lipinski definition) is 2. The van der Waals surface area contributed by atoms with Crippen LogP contribution < -0.4 is 0 Å². The molecule has 0 amide bonds. The van der Waals surface area contributed by atoms with Gasteiger partial charge in [0.25, 0.3) is 0 Å². The number of aliphatic hydroxyl groups excluding tert-OH is 1. The van der Waals surface area contributed by atoms with E-state index in [9.17, 15) is 5.11 Å². The summed E-state index contributed by atoms with van der Waals surface area (Å²) in [5.74, 6) is 0.605. The van der Waals surface area contributed by atoms with Crippen LogP contribution in [0.5, 0.6) is 0 Å². The molecule has 0 saturated carbocycles. The minimum atomic E-state index is -0.421. The second-order valence-corrected chi connectivity index (χ2v) is 3.53. The van der Waals surface area contributed by atoms with Crippen molar-refractivity contribution in [1.82, 2.24) is 9.97 Å². The first-order valence-corrected chi connectivity index (χ1v) is 5.19. The molecular weight excluding hydrogens is 188 g/mol. The van der Waals surface area contributed by atoms with Crippen molar-refractivity contribution in [3.05, 3.63) is 12.4 Å². The number of imidazole rings is 1. The van der Waals surface area contributed by atoms with Crippen molar-refractivity contribution in [2.24, 2.45) is 0 Å². The third-order valence-corrected chi connectivity index (χ3v) is 2.45. The van der Waals surface area contributed by atoms with Gasteiger partial charge in [0.2, 0.25) is 0 Å². The molecule has 0 aliphatic heterocycles. The number of aromatic nitrogens is 2. The van der Waals surface area contributed by atoms with E-state index < -0.39 is 6.10 Å². The molecule has 1 atom stereocenters. The number of ether oxygens (including phenoxy) is 1. The van der Waals surface area contributed by atoms with Crippen LogP contribution in [0.2, 0.25) is 0 Å². The molecule has 0 bridgehead atoms. The lowest BCUT2D eigenvalue weighted by Crippen LogP contribution is -2.17. The molecule has 1 rings (SSSR count). The van der Waals surface area contributed by atoms with Gasteiger partial charge in [0.15, 0.2) is 5.16 Å². The highest BCUT2D eigenvalue weighted by molar-refractivity contribution is 7.99. The second-order valence-electron chi connectivity index (χ2n) is 2.52. The molecule has 0 fully saturated rings. The zero-order valence-corrected chi connectivity index (χ0v) is 8.38. The van der Waals surface area contributed by atoms with Crippen LogP contribution in [0, 0.1) is 0 Å². The van der Waals surface area contributed by atoms with Gasteiger partial charge in [-0.1, -0.05) is 11.8 Å². The molecule has 0 aromatic carbocycles. The first kappa shape index (κ1) is 10.6. The quantitative estimate of drug-likeness (QED) is 0.673. The van der Waals surface area contributed by atoms with Crippen molar-refractivity contribution in [2.75, 3.05) is 19.0 Å². The first-order valence-electron chi connectivity index (χ1n) is 4.21. The Balaban J connectivity index is 2.11. The SMILES string of the molecule is CCOCC(O)CSc1ncc[nH]1. The number of nitrogens with one attached hydrogen (secondary N) is 1. The second kappa shape index (κ2) is 6.01. The molecule has 0 saturated heterocycles. The normalized spacial score (nSPS) is 13.1. The topological polar surface area (TPSA) is 58.1 Å². The van der Waals surface area contributed by atoms with Crippen LogP contribution in [0.3, 0.4) is 0 Å². The summed E-state index contributed by atoms with van der Waals surface area (Å²) in [7, 11) is 0. The molecule has 1 aromatic rings. The minimum Gasteiger partial charge on any atom is -0.390 e. The molecule has 5 heteroatoms. The Labute approximate surface area is 81.7 Å². The van der Waals surface area contributed by atoms with Gasteiger partial charge in [-0.3, -0.25) is 0 Å². The van der Waals surface area contributed by atoms with Crippen LogP contribution >= 0.6 is 11.8 Å². The number of hydrogen-bond acceptors (Lipinski definition) is 4. The zero-order valence-electron chi connectivity index (χ0n) is 7.56. The largest absolute Gasteiger partial charge is 0.390 e. The minimum absolute atomic E-state index is 0.393. The van der Waals surface area contributed by atoms with Gasteiger partial charge in [0.1, 0.15) is 0 Å². The van der Waals surface area contributed by atoms with Crippen LogP contribution in [-0.4, -0.2) is 40.1 Å². The summed E-state index contributed by atoms with van der Waals surface area (Å²) < 4.78 is 5.07. The highest BCUT2D eigenvalue weighted by atomic mass is 32.2. The summed E-state index contributed by atoms with van der Waals surface area (Å²) >= 11 is 1.49. The summed E-state index contributed by atoms with van der Waals surface area (Å²) in [6, 6.07) is 0. The number of nitrogens with zero attached hydrogens (tertiary/aromatic N) is 1. The molecule has 2 N–H and O–H groups in total. The molecule has 0 spiro atoms. The summed E-state index contributed by atoms with van der Waals surface area (Å²) in [6.07, 6.45) is 3.03. The van der Waals surface area contributed by atoms with Crippen molar-refractivity contribution in [3.63, 3.8) is 0 Å². The third kappa shape index (κ3) is 4.31. The molecule has 1 heterocycles. The lowest BCUT2D eigenvalue weighted by molar-refractivity contribution is 0.0551. The van der Waals surface area contributed by atoms with Gasteiger partial charge in [0.05, 0.1) is 12.7 Å². The van der Waals surface area contributed by atoms with Crippen molar-refractivity contribution in [3.8, 4) is 0 Å². The highest BCUT2D eigenvalue weighted by Crippen LogP contribution is 2.12. The van der Waals surface area contributed by atoms with Crippen LogP contribution in [-0.2, 0) is 4.74 Å². The molecule has 0 aliphatic carbocycles. The van der Waals surface area contributed by atoms with Gasteiger partial charge in [-0.05, 0) is 6.92 Å². The molecule has 13 heavy (non-hydrogen) atoms. The predicted molar refractivity (Wildman–Crippen MR) is 51.8 cm³/mol. The van der Waals surface area contributed by atoms with E-state index in [1.54, 1.807) is 12.4 Å². The van der Waals surface area contributed by atoms with Crippen LogP contribution in [0.4, 0.5) is 0 Å². The maximum atomic E-state index is 9.39.